The van der Waals surface area contributed by atoms with Gasteiger partial charge in [0.1, 0.15) is 3.70 Å². The summed E-state index contributed by atoms with van der Waals surface area (Å²) < 4.78 is 25.6. The van der Waals surface area contributed by atoms with E-state index in [0.29, 0.717) is 0 Å². The average molecular weight is 381 g/mol. The molecule has 0 saturated heterocycles. The van der Waals surface area contributed by atoms with Crippen molar-refractivity contribution >= 4 is 45.2 Å². The largest absolute Gasteiger partial charge is 0.265 e. The molecule has 1 heterocycles. The molecule has 0 unspecified atom stereocenters. The number of hydrogen-bond acceptors (Lipinski definition) is 1. The summed E-state index contributed by atoms with van der Waals surface area (Å²) in [6.07, 6.45) is -1.22. The predicted molar refractivity (Wildman–Crippen MR) is 54.6 cm³/mol. The summed E-state index contributed by atoms with van der Waals surface area (Å²) in [6.45, 7) is 0. The minimum Gasteiger partial charge on any atom is -0.249 e. The van der Waals surface area contributed by atoms with Crippen LogP contribution in [0, 0.1) is 7.27 Å². The van der Waals surface area contributed by atoms with Gasteiger partial charge in [-0.2, -0.15) is 0 Å². The molecule has 1 rings (SSSR count). The highest BCUT2D eigenvalue weighted by Gasteiger charge is 2.08. The lowest BCUT2D eigenvalue weighted by molar-refractivity contribution is 0.151. The summed E-state index contributed by atoms with van der Waals surface area (Å²) in [4.78, 5) is 3.80. The van der Waals surface area contributed by atoms with Gasteiger partial charge in [-0.1, -0.05) is 0 Å². The number of nitrogens with zero attached hydrogens (tertiary/aromatic N) is 1. The molecule has 0 amide bonds. The number of halogens is 4. The quantitative estimate of drug-likeness (QED) is 0.538. The molecule has 0 aliphatic carbocycles. The fourth-order valence-corrected chi connectivity index (χ4v) is 1.35. The maximum atomic E-state index is 12.0. The summed E-state index contributed by atoms with van der Waals surface area (Å²) in [5.41, 5.74) is -0.0187. The molecule has 1 nitrogen and oxygen atoms in total. The molecule has 0 aliphatic heterocycles. The first kappa shape index (κ1) is 9.56. The maximum absolute atomic E-state index is 12.0. The molecule has 11 heavy (non-hydrogen) atoms. The fourth-order valence-electron chi connectivity index (χ4n) is 0.555. The van der Waals surface area contributed by atoms with Crippen molar-refractivity contribution < 1.29 is 8.78 Å². The van der Waals surface area contributed by atoms with Gasteiger partial charge in [0.15, 0.2) is 0 Å². The predicted octanol–water partition coefficient (Wildman–Crippen LogP) is 3.23. The first-order valence-corrected chi connectivity index (χ1v) is 4.86. The van der Waals surface area contributed by atoms with Gasteiger partial charge in [-0.3, -0.25) is 0 Å². The Morgan fingerprint density at radius 2 is 2.00 bits per heavy atom. The molecule has 0 saturated carbocycles. The van der Waals surface area contributed by atoms with Crippen LogP contribution in [-0.2, 0) is 0 Å². The third kappa shape index (κ3) is 2.46. The number of aromatic nitrogens is 1. The van der Waals surface area contributed by atoms with Gasteiger partial charge in [0.25, 0.3) is 6.43 Å². The summed E-state index contributed by atoms with van der Waals surface area (Å²) in [6, 6.07) is 1.44. The zero-order valence-corrected chi connectivity index (χ0v) is 9.51. The Balaban J connectivity index is 3.05. The topological polar surface area (TPSA) is 12.9 Å². The molecule has 1 aromatic heterocycles. The van der Waals surface area contributed by atoms with E-state index in [4.69, 9.17) is 0 Å². The highest BCUT2D eigenvalue weighted by atomic mass is 127. The molecule has 0 aliphatic rings. The second-order valence-corrected chi connectivity index (χ2v) is 4.03. The van der Waals surface area contributed by atoms with Gasteiger partial charge >= 0.3 is 0 Å². The zero-order chi connectivity index (χ0) is 8.43. The van der Waals surface area contributed by atoms with Crippen LogP contribution in [0.1, 0.15) is 12.0 Å². The number of pyridine rings is 1. The molecule has 0 spiro atoms. The Hall–Kier alpha value is 0.470. The second-order valence-electron chi connectivity index (χ2n) is 1.84. The van der Waals surface area contributed by atoms with Gasteiger partial charge in [0.2, 0.25) is 0 Å². The van der Waals surface area contributed by atoms with Crippen molar-refractivity contribution in [3.8, 4) is 0 Å². The molecule has 0 radical (unpaired) electrons. The van der Waals surface area contributed by atoms with Crippen molar-refractivity contribution in [1.82, 2.24) is 4.98 Å². The van der Waals surface area contributed by atoms with Gasteiger partial charge < -0.3 is 0 Å². The van der Waals surface area contributed by atoms with Crippen molar-refractivity contribution in [3.05, 3.63) is 25.1 Å². The lowest BCUT2D eigenvalue weighted by atomic mass is 10.3. The van der Waals surface area contributed by atoms with E-state index in [9.17, 15) is 8.78 Å². The molecule has 0 bridgehead atoms. The highest BCUT2D eigenvalue weighted by molar-refractivity contribution is 14.1. The molecular weight excluding hydrogens is 378 g/mol. The summed E-state index contributed by atoms with van der Waals surface area (Å²) in [5, 5.41) is 0. The number of alkyl halides is 2. The number of hydrogen-bond donors (Lipinski definition) is 0. The van der Waals surface area contributed by atoms with Gasteiger partial charge in [0, 0.05) is 15.3 Å². The van der Waals surface area contributed by atoms with Crippen LogP contribution in [-0.4, -0.2) is 4.98 Å². The molecule has 5 heteroatoms. The SMILES string of the molecule is FC(F)c1cnc(I)c(I)c1. The van der Waals surface area contributed by atoms with Crippen molar-refractivity contribution in [2.24, 2.45) is 0 Å². The van der Waals surface area contributed by atoms with E-state index in [0.717, 1.165) is 7.27 Å². The van der Waals surface area contributed by atoms with E-state index in [-0.39, 0.29) is 5.56 Å². The van der Waals surface area contributed by atoms with Crippen molar-refractivity contribution in [1.29, 1.82) is 0 Å². The first-order chi connectivity index (χ1) is 5.11. The molecule has 0 N–H and O–H groups in total. The summed E-state index contributed by atoms with van der Waals surface area (Å²) >= 11 is 3.98. The van der Waals surface area contributed by atoms with Crippen LogP contribution >= 0.6 is 45.2 Å². The Labute approximate surface area is 89.9 Å². The fraction of sp³-hybridized carbons (Fsp3) is 0.167. The highest BCUT2D eigenvalue weighted by Crippen LogP contribution is 2.21. The second kappa shape index (κ2) is 3.92. The third-order valence-corrected chi connectivity index (χ3v) is 3.78. The standard InChI is InChI=1S/C6H3F2I2N/c7-5(8)3-1-4(9)6(10)11-2-3/h1-2,5H. The normalized spacial score (nSPS) is 10.6. The Morgan fingerprint density at radius 1 is 1.36 bits per heavy atom. The van der Waals surface area contributed by atoms with Crippen LogP contribution in [0.5, 0.6) is 0 Å². The van der Waals surface area contributed by atoms with E-state index in [1.807, 2.05) is 45.2 Å². The van der Waals surface area contributed by atoms with Crippen LogP contribution in [0.15, 0.2) is 12.3 Å². The van der Waals surface area contributed by atoms with Crippen LogP contribution in [0.4, 0.5) is 8.78 Å². The Bertz CT molecular complexity index is 265. The van der Waals surface area contributed by atoms with Crippen LogP contribution in [0.25, 0.3) is 0 Å². The minimum atomic E-state index is -2.42. The molecule has 0 atom stereocenters. The first-order valence-electron chi connectivity index (χ1n) is 2.70. The zero-order valence-electron chi connectivity index (χ0n) is 5.19. The summed E-state index contributed by atoms with van der Waals surface area (Å²) in [5.74, 6) is 0. The van der Waals surface area contributed by atoms with E-state index in [1.54, 1.807) is 0 Å². The Kier molecular flexibility index (Phi) is 3.41. The van der Waals surface area contributed by atoms with E-state index in [1.165, 1.54) is 12.3 Å². The van der Waals surface area contributed by atoms with Gasteiger partial charge in [-0.25, -0.2) is 13.8 Å². The summed E-state index contributed by atoms with van der Waals surface area (Å²) in [7, 11) is 0. The van der Waals surface area contributed by atoms with Gasteiger partial charge in [0.05, 0.1) is 0 Å². The molecule has 1 aromatic rings. The smallest absolute Gasteiger partial charge is 0.249 e. The van der Waals surface area contributed by atoms with Crippen molar-refractivity contribution in [2.75, 3.05) is 0 Å². The lowest BCUT2D eigenvalue weighted by Gasteiger charge is -1.99. The molecule has 0 aromatic carbocycles. The average Bonchev–Trinajstić information content (AvgIpc) is 1.94. The number of rotatable bonds is 1. The Morgan fingerprint density at radius 3 is 2.45 bits per heavy atom. The van der Waals surface area contributed by atoms with Crippen molar-refractivity contribution in [2.45, 2.75) is 6.43 Å². The van der Waals surface area contributed by atoms with Crippen LogP contribution in [0.2, 0.25) is 0 Å². The van der Waals surface area contributed by atoms with E-state index in [2.05, 4.69) is 4.98 Å². The third-order valence-electron chi connectivity index (χ3n) is 1.07. The van der Waals surface area contributed by atoms with Gasteiger partial charge in [-0.05, 0) is 51.2 Å². The van der Waals surface area contributed by atoms with E-state index < -0.39 is 6.43 Å². The lowest BCUT2D eigenvalue weighted by Crippen LogP contribution is -1.91. The molecule has 0 fully saturated rings. The van der Waals surface area contributed by atoms with E-state index >= 15 is 0 Å². The molecular formula is C6H3F2I2N. The molecule has 60 valence electrons. The van der Waals surface area contributed by atoms with Crippen molar-refractivity contribution in [3.63, 3.8) is 0 Å². The van der Waals surface area contributed by atoms with Gasteiger partial charge in [-0.15, -0.1) is 0 Å². The monoisotopic (exact) mass is 381 g/mol. The van der Waals surface area contributed by atoms with Crippen LogP contribution in [0.3, 0.4) is 0 Å². The minimum absolute atomic E-state index is 0.0187. The maximum Gasteiger partial charge on any atom is 0.265 e. The van der Waals surface area contributed by atoms with Crippen LogP contribution < -0.4 is 0 Å².